The van der Waals surface area contributed by atoms with E-state index in [1.54, 1.807) is 19.1 Å². The van der Waals surface area contributed by atoms with Crippen molar-refractivity contribution < 1.29 is 9.53 Å². The number of benzene rings is 1. The van der Waals surface area contributed by atoms with Crippen molar-refractivity contribution in [2.45, 2.75) is 13.3 Å². The van der Waals surface area contributed by atoms with E-state index in [-0.39, 0.29) is 12.4 Å². The molecule has 2 N–H and O–H groups in total. The van der Waals surface area contributed by atoms with Crippen LogP contribution in [0.15, 0.2) is 16.6 Å². The quantitative estimate of drug-likeness (QED) is 0.688. The van der Waals surface area contributed by atoms with Crippen LogP contribution in [0.4, 0.5) is 5.69 Å². The van der Waals surface area contributed by atoms with Gasteiger partial charge in [-0.15, -0.1) is 0 Å². The van der Waals surface area contributed by atoms with Crippen LogP contribution in [0, 0.1) is 0 Å². The Labute approximate surface area is 102 Å². The molecule has 0 aromatic heterocycles. The number of ether oxygens (including phenoxy) is 1. The zero-order valence-electron chi connectivity index (χ0n) is 8.22. The van der Waals surface area contributed by atoms with Crippen LogP contribution in [-0.4, -0.2) is 12.6 Å². The predicted molar refractivity (Wildman–Crippen MR) is 63.9 cm³/mol. The van der Waals surface area contributed by atoms with Crippen LogP contribution in [0.25, 0.3) is 0 Å². The first-order valence-corrected chi connectivity index (χ1v) is 5.61. The van der Waals surface area contributed by atoms with Gasteiger partial charge in [-0.1, -0.05) is 11.6 Å². The van der Waals surface area contributed by atoms with Gasteiger partial charge in [0, 0.05) is 15.7 Å². The highest BCUT2D eigenvalue weighted by Crippen LogP contribution is 2.30. The van der Waals surface area contributed by atoms with Crippen LogP contribution in [0.2, 0.25) is 5.02 Å². The highest BCUT2D eigenvalue weighted by atomic mass is 79.9. The number of esters is 1. The van der Waals surface area contributed by atoms with Gasteiger partial charge in [-0.25, -0.2) is 0 Å². The van der Waals surface area contributed by atoms with Crippen molar-refractivity contribution in [2.75, 3.05) is 12.3 Å². The van der Waals surface area contributed by atoms with Gasteiger partial charge in [0.25, 0.3) is 0 Å². The molecule has 0 saturated heterocycles. The standard InChI is InChI=1S/C10H11BrClNO2/c1-2-15-9(14)5-6-8(13)4-3-7(12)10(6)11/h3-4H,2,5,13H2,1H3. The maximum Gasteiger partial charge on any atom is 0.310 e. The van der Waals surface area contributed by atoms with E-state index in [1.807, 2.05) is 0 Å². The third-order valence-electron chi connectivity index (χ3n) is 1.86. The van der Waals surface area contributed by atoms with E-state index >= 15 is 0 Å². The van der Waals surface area contributed by atoms with E-state index in [1.165, 1.54) is 0 Å². The number of hydrogen-bond donors (Lipinski definition) is 1. The number of nitrogens with two attached hydrogens (primary N) is 1. The third kappa shape index (κ3) is 3.11. The predicted octanol–water partition coefficient (Wildman–Crippen LogP) is 2.79. The molecule has 0 aliphatic carbocycles. The smallest absolute Gasteiger partial charge is 0.310 e. The van der Waals surface area contributed by atoms with Crippen LogP contribution in [0.5, 0.6) is 0 Å². The number of carbonyl (C=O) groups excluding carboxylic acids is 1. The van der Waals surface area contributed by atoms with Gasteiger partial charge in [-0.2, -0.15) is 0 Å². The average molecular weight is 293 g/mol. The summed E-state index contributed by atoms with van der Waals surface area (Å²) in [6, 6.07) is 3.34. The summed E-state index contributed by atoms with van der Waals surface area (Å²) in [6.45, 7) is 2.12. The fourth-order valence-corrected chi connectivity index (χ4v) is 1.82. The van der Waals surface area contributed by atoms with E-state index in [0.717, 1.165) is 0 Å². The molecule has 0 fully saturated rings. The molecule has 1 aromatic rings. The van der Waals surface area contributed by atoms with E-state index in [0.29, 0.717) is 27.4 Å². The number of nitrogen functional groups attached to an aromatic ring is 1. The van der Waals surface area contributed by atoms with Gasteiger partial charge in [0.15, 0.2) is 0 Å². The lowest BCUT2D eigenvalue weighted by Crippen LogP contribution is -2.09. The lowest BCUT2D eigenvalue weighted by molar-refractivity contribution is -0.142. The molecule has 0 bridgehead atoms. The van der Waals surface area contributed by atoms with Gasteiger partial charge in [-0.05, 0) is 35.0 Å². The van der Waals surface area contributed by atoms with Crippen LogP contribution in [-0.2, 0) is 16.0 Å². The van der Waals surface area contributed by atoms with Crippen molar-refractivity contribution in [1.29, 1.82) is 0 Å². The van der Waals surface area contributed by atoms with Crippen LogP contribution in [0.1, 0.15) is 12.5 Å². The summed E-state index contributed by atoms with van der Waals surface area (Å²) in [4.78, 5) is 11.3. The first kappa shape index (κ1) is 12.3. The molecule has 15 heavy (non-hydrogen) atoms. The largest absolute Gasteiger partial charge is 0.466 e. The van der Waals surface area contributed by atoms with E-state index in [9.17, 15) is 4.79 Å². The molecule has 0 amide bonds. The summed E-state index contributed by atoms with van der Waals surface area (Å²) in [6.07, 6.45) is 0.126. The SMILES string of the molecule is CCOC(=O)Cc1c(N)ccc(Cl)c1Br. The molecule has 1 rings (SSSR count). The number of hydrogen-bond acceptors (Lipinski definition) is 3. The molecule has 0 saturated carbocycles. The van der Waals surface area contributed by atoms with Crippen molar-refractivity contribution >= 4 is 39.2 Å². The fourth-order valence-electron chi connectivity index (χ4n) is 1.14. The molecule has 5 heteroatoms. The van der Waals surface area contributed by atoms with Crippen molar-refractivity contribution in [2.24, 2.45) is 0 Å². The maximum absolute atomic E-state index is 11.3. The third-order valence-corrected chi connectivity index (χ3v) is 3.31. The first-order valence-electron chi connectivity index (χ1n) is 4.44. The molecule has 0 aliphatic rings. The molecule has 0 radical (unpaired) electrons. The Balaban J connectivity index is 2.93. The normalized spacial score (nSPS) is 10.1. The van der Waals surface area contributed by atoms with E-state index < -0.39 is 0 Å². The monoisotopic (exact) mass is 291 g/mol. The molecular formula is C10H11BrClNO2. The van der Waals surface area contributed by atoms with Crippen molar-refractivity contribution in [3.63, 3.8) is 0 Å². The summed E-state index contributed by atoms with van der Waals surface area (Å²) in [7, 11) is 0. The summed E-state index contributed by atoms with van der Waals surface area (Å²) in [5, 5.41) is 0.531. The molecule has 0 unspecified atom stereocenters. The van der Waals surface area contributed by atoms with Gasteiger partial charge < -0.3 is 10.5 Å². The Kier molecular flexibility index (Phi) is 4.42. The highest BCUT2D eigenvalue weighted by Gasteiger charge is 2.13. The van der Waals surface area contributed by atoms with Gasteiger partial charge >= 0.3 is 5.97 Å². The Morgan fingerprint density at radius 1 is 1.60 bits per heavy atom. The Morgan fingerprint density at radius 2 is 2.27 bits per heavy atom. The first-order chi connectivity index (χ1) is 7.06. The van der Waals surface area contributed by atoms with Gasteiger partial charge in [0.2, 0.25) is 0 Å². The van der Waals surface area contributed by atoms with Gasteiger partial charge in [0.1, 0.15) is 0 Å². The van der Waals surface area contributed by atoms with Crippen molar-refractivity contribution in [1.82, 2.24) is 0 Å². The summed E-state index contributed by atoms with van der Waals surface area (Å²) < 4.78 is 5.49. The van der Waals surface area contributed by atoms with Gasteiger partial charge in [-0.3, -0.25) is 4.79 Å². The van der Waals surface area contributed by atoms with Crippen LogP contribution in [0.3, 0.4) is 0 Å². The lowest BCUT2D eigenvalue weighted by atomic mass is 10.1. The summed E-state index contributed by atoms with van der Waals surface area (Å²) in [5.41, 5.74) is 6.93. The van der Waals surface area contributed by atoms with Crippen LogP contribution >= 0.6 is 27.5 Å². The molecule has 0 heterocycles. The summed E-state index contributed by atoms with van der Waals surface area (Å²) >= 11 is 9.18. The minimum absolute atomic E-state index is 0.126. The average Bonchev–Trinajstić information content (AvgIpc) is 2.19. The molecule has 0 aliphatic heterocycles. The highest BCUT2D eigenvalue weighted by molar-refractivity contribution is 9.10. The summed E-state index contributed by atoms with van der Waals surface area (Å²) in [5.74, 6) is -0.313. The Bertz CT molecular complexity index is 382. The molecular weight excluding hydrogens is 281 g/mol. The second kappa shape index (κ2) is 5.37. The zero-order chi connectivity index (χ0) is 11.4. The van der Waals surface area contributed by atoms with Crippen molar-refractivity contribution in [3.8, 4) is 0 Å². The molecule has 3 nitrogen and oxygen atoms in total. The lowest BCUT2D eigenvalue weighted by Gasteiger charge is -2.09. The number of carbonyl (C=O) groups is 1. The second-order valence-corrected chi connectivity index (χ2v) is 4.11. The maximum atomic E-state index is 11.3. The Hall–Kier alpha value is -0.740. The molecule has 1 aromatic carbocycles. The minimum atomic E-state index is -0.313. The fraction of sp³-hybridized carbons (Fsp3) is 0.300. The Morgan fingerprint density at radius 3 is 2.87 bits per heavy atom. The zero-order valence-corrected chi connectivity index (χ0v) is 10.6. The molecule has 0 spiro atoms. The number of halogens is 2. The number of anilines is 1. The van der Waals surface area contributed by atoms with E-state index in [4.69, 9.17) is 22.1 Å². The topological polar surface area (TPSA) is 52.3 Å². The molecule has 82 valence electrons. The minimum Gasteiger partial charge on any atom is -0.466 e. The second-order valence-electron chi connectivity index (χ2n) is 2.91. The number of rotatable bonds is 3. The van der Waals surface area contributed by atoms with Gasteiger partial charge in [0.05, 0.1) is 18.1 Å². The molecule has 0 atom stereocenters. The van der Waals surface area contributed by atoms with E-state index in [2.05, 4.69) is 15.9 Å². The van der Waals surface area contributed by atoms with Crippen molar-refractivity contribution in [3.05, 3.63) is 27.2 Å². The van der Waals surface area contributed by atoms with Crippen LogP contribution < -0.4 is 5.73 Å².